The summed E-state index contributed by atoms with van der Waals surface area (Å²) in [5.41, 5.74) is -0.118. The normalized spacial score (nSPS) is 12.1. The predicted molar refractivity (Wildman–Crippen MR) is 151 cm³/mol. The fourth-order valence-electron chi connectivity index (χ4n) is 4.18. The SMILES string of the molecule is COC(=O)[C@H](C)Oc1c(C=Nn2c(-c3cc4c(OC)cccc4o3)nc3ccccc3c2=O)cc(Cl)cc1[N+](=O)[O-]. The minimum atomic E-state index is -1.20. The van der Waals surface area contributed by atoms with Gasteiger partial charge >= 0.3 is 11.7 Å². The number of nitro groups is 1. The molecule has 2 heterocycles. The number of carbonyl (C=O) groups excluding carboxylic acids is 1. The van der Waals surface area contributed by atoms with E-state index in [2.05, 4.69) is 14.8 Å². The topological polar surface area (TPSA) is 148 Å². The number of ether oxygens (including phenoxy) is 3. The van der Waals surface area contributed by atoms with Crippen LogP contribution in [0.15, 0.2) is 75.0 Å². The number of benzene rings is 3. The Labute approximate surface area is 236 Å². The van der Waals surface area contributed by atoms with Gasteiger partial charge in [0.1, 0.15) is 11.3 Å². The molecule has 0 N–H and O–H groups in total. The highest BCUT2D eigenvalue weighted by Gasteiger charge is 2.26. The van der Waals surface area contributed by atoms with E-state index in [1.807, 2.05) is 0 Å². The Bertz CT molecular complexity index is 1910. The van der Waals surface area contributed by atoms with E-state index in [4.69, 9.17) is 25.5 Å². The van der Waals surface area contributed by atoms with Crippen LogP contribution < -0.4 is 15.0 Å². The third kappa shape index (κ3) is 5.20. The lowest BCUT2D eigenvalue weighted by Gasteiger charge is -2.15. The lowest BCUT2D eigenvalue weighted by atomic mass is 10.2. The van der Waals surface area contributed by atoms with Crippen molar-refractivity contribution in [2.24, 2.45) is 5.10 Å². The number of carbonyl (C=O) groups is 1. The minimum Gasteiger partial charge on any atom is -0.496 e. The second-order valence-electron chi connectivity index (χ2n) is 8.68. The molecule has 12 nitrogen and oxygen atoms in total. The van der Waals surface area contributed by atoms with Gasteiger partial charge in [0.2, 0.25) is 11.6 Å². The van der Waals surface area contributed by atoms with Crippen molar-refractivity contribution in [1.82, 2.24) is 9.66 Å². The summed E-state index contributed by atoms with van der Waals surface area (Å²) in [6, 6.07) is 16.1. The predicted octanol–water partition coefficient (Wildman–Crippen LogP) is 5.20. The molecule has 0 aliphatic carbocycles. The minimum absolute atomic E-state index is 0.00445. The van der Waals surface area contributed by atoms with Crippen molar-refractivity contribution in [2.45, 2.75) is 13.0 Å². The molecule has 0 aliphatic heterocycles. The van der Waals surface area contributed by atoms with Gasteiger partial charge in [0.25, 0.3) is 5.56 Å². The molecule has 0 unspecified atom stereocenters. The van der Waals surface area contributed by atoms with Crippen LogP contribution in [-0.4, -0.2) is 47.1 Å². The van der Waals surface area contributed by atoms with Crippen LogP contribution in [0.1, 0.15) is 12.5 Å². The molecule has 0 bridgehead atoms. The molecule has 41 heavy (non-hydrogen) atoms. The van der Waals surface area contributed by atoms with Crippen molar-refractivity contribution in [1.29, 1.82) is 0 Å². The van der Waals surface area contributed by atoms with Gasteiger partial charge in [0.05, 0.1) is 41.6 Å². The first-order valence-electron chi connectivity index (χ1n) is 12.1. The molecule has 0 amide bonds. The van der Waals surface area contributed by atoms with Crippen molar-refractivity contribution in [3.05, 3.63) is 91.7 Å². The first-order valence-corrected chi connectivity index (χ1v) is 12.4. The maximum Gasteiger partial charge on any atom is 0.346 e. The standard InChI is InChI=1S/C28H21ClN4O8/c1-15(28(35)39-3)40-25-16(11-17(29)12-21(25)33(36)37)14-30-32-26(31-20-8-5-4-7-18(20)27(32)34)24-13-19-22(38-2)9-6-10-23(19)41-24/h4-15H,1-3H3/t15-/m0/s1. The van der Waals surface area contributed by atoms with Crippen molar-refractivity contribution in [3.63, 3.8) is 0 Å². The highest BCUT2D eigenvalue weighted by atomic mass is 35.5. The molecule has 0 aliphatic rings. The highest BCUT2D eigenvalue weighted by Crippen LogP contribution is 2.35. The van der Waals surface area contributed by atoms with Crippen LogP contribution in [0, 0.1) is 10.1 Å². The molecule has 0 fully saturated rings. The third-order valence-electron chi connectivity index (χ3n) is 6.12. The highest BCUT2D eigenvalue weighted by molar-refractivity contribution is 6.31. The van der Waals surface area contributed by atoms with Crippen LogP contribution in [0.2, 0.25) is 5.02 Å². The van der Waals surface area contributed by atoms with Gasteiger partial charge in [0, 0.05) is 16.7 Å². The van der Waals surface area contributed by atoms with Crippen LogP contribution in [-0.2, 0) is 9.53 Å². The fourth-order valence-corrected chi connectivity index (χ4v) is 4.40. The number of rotatable bonds is 8. The number of esters is 1. The maximum absolute atomic E-state index is 13.6. The van der Waals surface area contributed by atoms with Gasteiger partial charge in [-0.2, -0.15) is 9.78 Å². The number of methoxy groups -OCH3 is 2. The summed E-state index contributed by atoms with van der Waals surface area (Å²) in [6.45, 7) is 1.37. The molecule has 0 saturated heterocycles. The lowest BCUT2D eigenvalue weighted by molar-refractivity contribution is -0.386. The number of furan rings is 1. The van der Waals surface area contributed by atoms with E-state index >= 15 is 0 Å². The van der Waals surface area contributed by atoms with E-state index < -0.39 is 28.2 Å². The van der Waals surface area contributed by atoms with Crippen molar-refractivity contribution >= 4 is 51.3 Å². The Kier molecular flexibility index (Phi) is 7.40. The molecular formula is C28H21ClN4O8. The number of hydrogen-bond donors (Lipinski definition) is 0. The second kappa shape index (κ2) is 11.1. The summed E-state index contributed by atoms with van der Waals surface area (Å²) in [4.78, 5) is 41.4. The summed E-state index contributed by atoms with van der Waals surface area (Å²) in [7, 11) is 2.69. The number of aromatic nitrogens is 2. The van der Waals surface area contributed by atoms with E-state index in [1.165, 1.54) is 20.1 Å². The Morgan fingerprint density at radius 2 is 1.93 bits per heavy atom. The van der Waals surface area contributed by atoms with E-state index in [0.717, 1.165) is 24.1 Å². The number of para-hydroxylation sites is 1. The van der Waals surface area contributed by atoms with Crippen LogP contribution in [0.4, 0.5) is 5.69 Å². The first kappa shape index (κ1) is 27.3. The Morgan fingerprint density at radius 3 is 2.66 bits per heavy atom. The smallest absolute Gasteiger partial charge is 0.346 e. The van der Waals surface area contributed by atoms with Gasteiger partial charge in [-0.3, -0.25) is 14.9 Å². The van der Waals surface area contributed by atoms with E-state index in [9.17, 15) is 19.7 Å². The van der Waals surface area contributed by atoms with E-state index in [-0.39, 0.29) is 33.3 Å². The number of hydrogen-bond acceptors (Lipinski definition) is 10. The summed E-state index contributed by atoms with van der Waals surface area (Å²) >= 11 is 6.16. The average Bonchev–Trinajstić information content (AvgIpc) is 3.41. The second-order valence-corrected chi connectivity index (χ2v) is 9.12. The molecule has 13 heteroatoms. The molecule has 2 aromatic heterocycles. The van der Waals surface area contributed by atoms with Gasteiger partial charge in [-0.15, -0.1) is 0 Å². The van der Waals surface area contributed by atoms with Crippen molar-refractivity contribution in [3.8, 4) is 23.1 Å². The average molecular weight is 577 g/mol. The summed E-state index contributed by atoms with van der Waals surface area (Å²) in [6.07, 6.45) is -0.0406. The maximum atomic E-state index is 13.6. The molecule has 1 atom stereocenters. The first-order chi connectivity index (χ1) is 19.7. The molecule has 5 aromatic rings. The van der Waals surface area contributed by atoms with Gasteiger partial charge in [-0.1, -0.05) is 29.8 Å². The molecule has 0 saturated carbocycles. The lowest BCUT2D eigenvalue weighted by Crippen LogP contribution is -2.26. The quantitative estimate of drug-likeness (QED) is 0.105. The van der Waals surface area contributed by atoms with Crippen molar-refractivity contribution < 1.29 is 28.3 Å². The van der Waals surface area contributed by atoms with Crippen LogP contribution in [0.5, 0.6) is 11.5 Å². The van der Waals surface area contributed by atoms with Gasteiger partial charge < -0.3 is 18.6 Å². The van der Waals surface area contributed by atoms with Gasteiger partial charge in [0.15, 0.2) is 11.9 Å². The third-order valence-corrected chi connectivity index (χ3v) is 6.33. The van der Waals surface area contributed by atoms with Crippen LogP contribution >= 0.6 is 11.6 Å². The zero-order valence-electron chi connectivity index (χ0n) is 21.9. The summed E-state index contributed by atoms with van der Waals surface area (Å²) < 4.78 is 22.7. The Balaban J connectivity index is 1.72. The molecule has 5 rings (SSSR count). The van der Waals surface area contributed by atoms with Crippen LogP contribution in [0.3, 0.4) is 0 Å². The van der Waals surface area contributed by atoms with Gasteiger partial charge in [-0.05, 0) is 43.3 Å². The number of fused-ring (bicyclic) bond motifs is 2. The number of nitro benzene ring substituents is 1. The summed E-state index contributed by atoms with van der Waals surface area (Å²) in [5.74, 6) is -0.210. The molecule has 0 spiro atoms. The summed E-state index contributed by atoms with van der Waals surface area (Å²) in [5, 5.41) is 17.1. The zero-order valence-corrected chi connectivity index (χ0v) is 22.6. The molecule has 0 radical (unpaired) electrons. The van der Waals surface area contributed by atoms with E-state index in [0.29, 0.717) is 22.2 Å². The van der Waals surface area contributed by atoms with E-state index in [1.54, 1.807) is 48.5 Å². The van der Waals surface area contributed by atoms with Crippen molar-refractivity contribution in [2.75, 3.05) is 14.2 Å². The van der Waals surface area contributed by atoms with Crippen LogP contribution in [0.25, 0.3) is 33.5 Å². The Morgan fingerprint density at radius 1 is 1.15 bits per heavy atom. The monoisotopic (exact) mass is 576 g/mol. The van der Waals surface area contributed by atoms with Gasteiger partial charge in [-0.25, -0.2) is 9.78 Å². The Hall–Kier alpha value is -5.23. The largest absolute Gasteiger partial charge is 0.496 e. The molecule has 208 valence electrons. The number of halogens is 1. The zero-order chi connectivity index (χ0) is 29.3. The number of nitrogens with zero attached hydrogens (tertiary/aromatic N) is 4. The fraction of sp³-hybridized carbons (Fsp3) is 0.143. The molecule has 3 aromatic carbocycles. The molecular weight excluding hydrogens is 556 g/mol.